The molecule has 0 aromatic heterocycles. The molecule has 2 saturated carbocycles. The maximum Gasteiger partial charge on any atom is 0.335 e. The van der Waals surface area contributed by atoms with Gasteiger partial charge in [0, 0.05) is 6.42 Å². The van der Waals surface area contributed by atoms with Gasteiger partial charge in [0.1, 0.15) is 6.10 Å². The summed E-state index contributed by atoms with van der Waals surface area (Å²) in [6.45, 7) is 6.85. The monoisotopic (exact) mass is 356 g/mol. The summed E-state index contributed by atoms with van der Waals surface area (Å²) in [6, 6.07) is 0. The van der Waals surface area contributed by atoms with Crippen LogP contribution < -0.4 is 0 Å². The lowest BCUT2D eigenvalue weighted by atomic mass is 10.2. The number of rotatable bonds is 13. The Balaban J connectivity index is 1.57. The van der Waals surface area contributed by atoms with Gasteiger partial charge >= 0.3 is 11.9 Å². The van der Waals surface area contributed by atoms with Gasteiger partial charge in [0.05, 0.1) is 19.8 Å². The van der Waals surface area contributed by atoms with Gasteiger partial charge in [0.25, 0.3) is 0 Å². The molecule has 0 aliphatic heterocycles. The first-order chi connectivity index (χ1) is 12.0. The van der Waals surface area contributed by atoms with E-state index in [4.69, 9.17) is 18.9 Å². The largest absolute Gasteiger partial charge is 0.464 e. The van der Waals surface area contributed by atoms with E-state index in [2.05, 4.69) is 0 Å². The zero-order valence-electron chi connectivity index (χ0n) is 15.7. The zero-order chi connectivity index (χ0) is 18.2. The first kappa shape index (κ1) is 20.2. The normalized spacial score (nSPS) is 20.6. The molecule has 2 rings (SSSR count). The molecule has 3 atom stereocenters. The molecule has 0 radical (unpaired) electrons. The third-order valence-electron chi connectivity index (χ3n) is 4.64. The van der Waals surface area contributed by atoms with Gasteiger partial charge in [-0.05, 0) is 57.8 Å². The average molecular weight is 356 g/mol. The van der Waals surface area contributed by atoms with Gasteiger partial charge in [0.2, 0.25) is 0 Å². The minimum Gasteiger partial charge on any atom is -0.464 e. The molecule has 0 saturated heterocycles. The van der Waals surface area contributed by atoms with Crippen molar-refractivity contribution in [2.24, 2.45) is 11.8 Å². The van der Waals surface area contributed by atoms with E-state index >= 15 is 0 Å². The second kappa shape index (κ2) is 10.1. The molecule has 6 nitrogen and oxygen atoms in total. The lowest BCUT2D eigenvalue weighted by Gasteiger charge is -2.20. The molecule has 25 heavy (non-hydrogen) atoms. The van der Waals surface area contributed by atoms with Gasteiger partial charge < -0.3 is 18.9 Å². The molecule has 0 spiro atoms. The first-order valence-electron chi connectivity index (χ1n) is 9.59. The maximum atomic E-state index is 12.0. The molecule has 2 aliphatic rings. The van der Waals surface area contributed by atoms with Crippen molar-refractivity contribution in [1.29, 1.82) is 0 Å². The average Bonchev–Trinajstić information content (AvgIpc) is 3.49. The Kier molecular flexibility index (Phi) is 8.16. The number of carbonyl (C=O) groups is 2. The maximum absolute atomic E-state index is 12.0. The third-order valence-corrected chi connectivity index (χ3v) is 4.64. The number of carbonyl (C=O) groups excluding carboxylic acids is 2. The van der Waals surface area contributed by atoms with Crippen LogP contribution in [0.3, 0.4) is 0 Å². The van der Waals surface area contributed by atoms with Gasteiger partial charge in [-0.25, -0.2) is 9.59 Å². The molecule has 0 bridgehead atoms. The fourth-order valence-corrected chi connectivity index (χ4v) is 2.28. The molecule has 0 aromatic carbocycles. The van der Waals surface area contributed by atoms with Crippen molar-refractivity contribution in [1.82, 2.24) is 0 Å². The Labute approximate surface area is 150 Å². The van der Waals surface area contributed by atoms with Gasteiger partial charge in [-0.1, -0.05) is 6.92 Å². The molecular formula is C19H32O6. The highest BCUT2D eigenvalue weighted by Gasteiger charge is 2.26. The van der Waals surface area contributed by atoms with Crippen molar-refractivity contribution >= 4 is 11.9 Å². The topological polar surface area (TPSA) is 71.1 Å². The molecule has 0 amide bonds. The predicted molar refractivity (Wildman–Crippen MR) is 92.0 cm³/mol. The van der Waals surface area contributed by atoms with Crippen LogP contribution in [0.15, 0.2) is 0 Å². The second-order valence-electron chi connectivity index (χ2n) is 7.26. The van der Waals surface area contributed by atoms with E-state index in [-0.39, 0.29) is 24.6 Å². The van der Waals surface area contributed by atoms with Crippen LogP contribution in [0.4, 0.5) is 0 Å². The smallest absolute Gasteiger partial charge is 0.335 e. The molecule has 0 unspecified atom stereocenters. The molecule has 0 aromatic rings. The van der Waals surface area contributed by atoms with E-state index in [1.165, 1.54) is 25.7 Å². The molecule has 6 heteroatoms. The van der Waals surface area contributed by atoms with Crippen molar-refractivity contribution in [3.63, 3.8) is 0 Å². The standard InChI is InChI=1S/C19H32O6/c1-4-17(25-19(21)14(3)24-12-16-7-8-16)9-10-22-18(20)13(2)23-11-15-5-6-15/h13-17H,4-12H2,1-3H3/t13-,14+,17-/m1/s1. The summed E-state index contributed by atoms with van der Waals surface area (Å²) in [5.41, 5.74) is 0. The Morgan fingerprint density at radius 2 is 1.44 bits per heavy atom. The summed E-state index contributed by atoms with van der Waals surface area (Å²) in [4.78, 5) is 23.9. The van der Waals surface area contributed by atoms with Crippen LogP contribution >= 0.6 is 0 Å². The summed E-state index contributed by atoms with van der Waals surface area (Å²) in [5, 5.41) is 0. The highest BCUT2D eigenvalue weighted by molar-refractivity contribution is 5.74. The van der Waals surface area contributed by atoms with Crippen LogP contribution in [0.5, 0.6) is 0 Å². The van der Waals surface area contributed by atoms with Crippen LogP contribution in [0, 0.1) is 11.8 Å². The lowest BCUT2D eigenvalue weighted by molar-refractivity contribution is -0.164. The summed E-state index contributed by atoms with van der Waals surface area (Å²) in [7, 11) is 0. The summed E-state index contributed by atoms with van der Waals surface area (Å²) in [5.74, 6) is 0.520. The fraction of sp³-hybridized carbons (Fsp3) is 0.895. The SMILES string of the molecule is CC[C@H](CCOC(=O)[C@@H](C)OCC1CC1)OC(=O)[C@H](C)OCC1CC1. The quantitative estimate of drug-likeness (QED) is 0.473. The van der Waals surface area contributed by atoms with E-state index in [0.717, 1.165) is 0 Å². The number of hydrogen-bond donors (Lipinski definition) is 0. The third kappa shape index (κ3) is 8.19. The van der Waals surface area contributed by atoms with E-state index in [1.807, 2.05) is 6.92 Å². The van der Waals surface area contributed by atoms with Crippen LogP contribution in [-0.2, 0) is 28.5 Å². The van der Waals surface area contributed by atoms with Crippen LogP contribution in [0.2, 0.25) is 0 Å². The van der Waals surface area contributed by atoms with Gasteiger partial charge in [-0.2, -0.15) is 0 Å². The number of esters is 2. The van der Waals surface area contributed by atoms with E-state index in [9.17, 15) is 9.59 Å². The highest BCUT2D eigenvalue weighted by atomic mass is 16.6. The lowest BCUT2D eigenvalue weighted by Crippen LogP contribution is -2.30. The van der Waals surface area contributed by atoms with Crippen molar-refractivity contribution in [2.75, 3.05) is 19.8 Å². The Morgan fingerprint density at radius 1 is 0.920 bits per heavy atom. The van der Waals surface area contributed by atoms with E-state index in [0.29, 0.717) is 37.9 Å². The second-order valence-corrected chi connectivity index (χ2v) is 7.26. The van der Waals surface area contributed by atoms with E-state index in [1.54, 1.807) is 13.8 Å². The van der Waals surface area contributed by atoms with Gasteiger partial charge in [-0.15, -0.1) is 0 Å². The Morgan fingerprint density at radius 3 is 1.92 bits per heavy atom. The first-order valence-corrected chi connectivity index (χ1v) is 9.59. The Hall–Kier alpha value is -1.14. The molecular weight excluding hydrogens is 324 g/mol. The van der Waals surface area contributed by atoms with Crippen LogP contribution in [0.1, 0.15) is 59.3 Å². The van der Waals surface area contributed by atoms with Crippen LogP contribution in [-0.4, -0.2) is 50.1 Å². The molecule has 144 valence electrons. The van der Waals surface area contributed by atoms with Crippen molar-refractivity contribution < 1.29 is 28.5 Å². The number of hydrogen-bond acceptors (Lipinski definition) is 6. The van der Waals surface area contributed by atoms with Gasteiger partial charge in [-0.3, -0.25) is 0 Å². The van der Waals surface area contributed by atoms with Crippen molar-refractivity contribution in [3.8, 4) is 0 Å². The predicted octanol–water partition coefficient (Wildman–Crippen LogP) is 2.87. The zero-order valence-corrected chi connectivity index (χ0v) is 15.7. The Bertz CT molecular complexity index is 430. The summed E-state index contributed by atoms with van der Waals surface area (Å²) < 4.78 is 21.7. The highest BCUT2D eigenvalue weighted by Crippen LogP contribution is 2.29. The summed E-state index contributed by atoms with van der Waals surface area (Å²) >= 11 is 0. The van der Waals surface area contributed by atoms with E-state index < -0.39 is 12.2 Å². The molecule has 2 fully saturated rings. The minimum atomic E-state index is -0.548. The van der Waals surface area contributed by atoms with Gasteiger partial charge in [0.15, 0.2) is 12.2 Å². The van der Waals surface area contributed by atoms with Crippen molar-refractivity contribution in [2.45, 2.75) is 77.6 Å². The molecule has 0 N–H and O–H groups in total. The fourth-order valence-electron chi connectivity index (χ4n) is 2.28. The van der Waals surface area contributed by atoms with Crippen LogP contribution in [0.25, 0.3) is 0 Å². The number of ether oxygens (including phenoxy) is 4. The summed E-state index contributed by atoms with van der Waals surface area (Å²) in [6.07, 6.45) is 4.55. The molecule has 2 aliphatic carbocycles. The molecule has 0 heterocycles. The minimum absolute atomic E-state index is 0.221. The van der Waals surface area contributed by atoms with Crippen molar-refractivity contribution in [3.05, 3.63) is 0 Å².